The van der Waals surface area contributed by atoms with E-state index >= 15 is 0 Å². The summed E-state index contributed by atoms with van der Waals surface area (Å²) in [5, 5.41) is 18.5. The number of aliphatic carboxylic acids is 1. The van der Waals surface area contributed by atoms with Gasteiger partial charge in [-0.05, 0) is 13.5 Å². The lowest BCUT2D eigenvalue weighted by atomic mass is 10.2. The number of aliphatic hydroxyl groups is 1. The maximum Gasteiger partial charge on any atom is 0.304 e. The minimum absolute atomic E-state index is 0.0745. The second-order valence-corrected chi connectivity index (χ2v) is 4.26. The number of hydrogen-bond donors (Lipinski definition) is 2. The number of carboxylic acid groups (broad SMARTS) is 1. The maximum atomic E-state index is 10.6. The van der Waals surface area contributed by atoms with Gasteiger partial charge in [0, 0.05) is 19.7 Å². The van der Waals surface area contributed by atoms with E-state index in [0.29, 0.717) is 26.3 Å². The molecule has 2 atom stereocenters. The van der Waals surface area contributed by atoms with Gasteiger partial charge >= 0.3 is 5.97 Å². The predicted octanol–water partition coefficient (Wildman–Crippen LogP) is 0.195. The fourth-order valence-electron chi connectivity index (χ4n) is 1.69. The standard InChI is InChI=1S/C12H25NO5/c1-4-13(10(2)7-12(15)16)8-11(14)9-18-6-5-17-3/h10-11,14H,4-9H2,1-3H3,(H,15,16). The molecule has 0 rings (SSSR count). The molecule has 0 heterocycles. The molecule has 18 heavy (non-hydrogen) atoms. The number of rotatable bonds is 11. The Kier molecular flexibility index (Phi) is 9.86. The minimum atomic E-state index is -0.827. The molecule has 0 fully saturated rings. The number of nitrogens with zero attached hydrogens (tertiary/aromatic N) is 1. The van der Waals surface area contributed by atoms with Crippen molar-refractivity contribution >= 4 is 5.97 Å². The topological polar surface area (TPSA) is 79.2 Å². The zero-order valence-electron chi connectivity index (χ0n) is 11.5. The summed E-state index contributed by atoms with van der Waals surface area (Å²) in [5.41, 5.74) is 0. The molecule has 0 amide bonds. The summed E-state index contributed by atoms with van der Waals surface area (Å²) in [5.74, 6) is -0.827. The highest BCUT2D eigenvalue weighted by molar-refractivity contribution is 5.67. The van der Waals surface area contributed by atoms with Gasteiger partial charge in [0.05, 0.1) is 32.3 Å². The zero-order valence-corrected chi connectivity index (χ0v) is 11.5. The first-order valence-corrected chi connectivity index (χ1v) is 6.21. The highest BCUT2D eigenvalue weighted by atomic mass is 16.5. The number of methoxy groups -OCH3 is 1. The molecule has 0 aromatic carbocycles. The molecular weight excluding hydrogens is 238 g/mol. The van der Waals surface area contributed by atoms with Crippen LogP contribution < -0.4 is 0 Å². The van der Waals surface area contributed by atoms with Crippen molar-refractivity contribution in [3.8, 4) is 0 Å². The molecule has 2 N–H and O–H groups in total. The Morgan fingerprint density at radius 3 is 2.56 bits per heavy atom. The van der Waals surface area contributed by atoms with E-state index in [4.69, 9.17) is 14.6 Å². The van der Waals surface area contributed by atoms with Crippen LogP contribution in [0.1, 0.15) is 20.3 Å². The lowest BCUT2D eigenvalue weighted by Crippen LogP contribution is -2.41. The summed E-state index contributed by atoms with van der Waals surface area (Å²) in [4.78, 5) is 12.6. The molecule has 0 aliphatic rings. The molecule has 0 saturated carbocycles. The van der Waals surface area contributed by atoms with Crippen LogP contribution in [0.5, 0.6) is 0 Å². The van der Waals surface area contributed by atoms with Crippen molar-refractivity contribution in [3.05, 3.63) is 0 Å². The van der Waals surface area contributed by atoms with E-state index < -0.39 is 12.1 Å². The number of ether oxygens (including phenoxy) is 2. The first kappa shape index (κ1) is 17.3. The van der Waals surface area contributed by atoms with Crippen LogP contribution in [0.15, 0.2) is 0 Å². The lowest BCUT2D eigenvalue weighted by Gasteiger charge is -2.28. The first-order valence-electron chi connectivity index (χ1n) is 6.21. The van der Waals surface area contributed by atoms with Crippen molar-refractivity contribution in [3.63, 3.8) is 0 Å². The van der Waals surface area contributed by atoms with Gasteiger partial charge in [0.1, 0.15) is 0 Å². The fraction of sp³-hybridized carbons (Fsp3) is 0.917. The SMILES string of the molecule is CCN(CC(O)COCCOC)C(C)CC(=O)O. The van der Waals surface area contributed by atoms with E-state index in [2.05, 4.69) is 0 Å². The third kappa shape index (κ3) is 8.41. The highest BCUT2D eigenvalue weighted by Gasteiger charge is 2.18. The van der Waals surface area contributed by atoms with Gasteiger partial charge in [-0.25, -0.2) is 0 Å². The highest BCUT2D eigenvalue weighted by Crippen LogP contribution is 2.05. The Morgan fingerprint density at radius 1 is 1.39 bits per heavy atom. The molecule has 6 nitrogen and oxygen atoms in total. The number of carboxylic acids is 1. The average molecular weight is 263 g/mol. The number of likely N-dealkylation sites (N-methyl/N-ethyl adjacent to an activating group) is 1. The summed E-state index contributed by atoms with van der Waals surface area (Å²) in [6.45, 7) is 6.08. The van der Waals surface area contributed by atoms with Gasteiger partial charge in [0.25, 0.3) is 0 Å². The van der Waals surface area contributed by atoms with Gasteiger partial charge in [0.15, 0.2) is 0 Å². The number of hydrogen-bond acceptors (Lipinski definition) is 5. The average Bonchev–Trinajstić information content (AvgIpc) is 2.30. The summed E-state index contributed by atoms with van der Waals surface area (Å²) in [6, 6.07) is -0.0962. The normalized spacial score (nSPS) is 14.7. The van der Waals surface area contributed by atoms with Crippen molar-refractivity contribution in [2.45, 2.75) is 32.4 Å². The van der Waals surface area contributed by atoms with E-state index in [0.717, 1.165) is 0 Å². The van der Waals surface area contributed by atoms with Crippen molar-refractivity contribution in [2.24, 2.45) is 0 Å². The molecule has 108 valence electrons. The maximum absolute atomic E-state index is 10.6. The van der Waals surface area contributed by atoms with Crippen LogP contribution in [0, 0.1) is 0 Å². The second-order valence-electron chi connectivity index (χ2n) is 4.26. The van der Waals surface area contributed by atoms with E-state index in [1.165, 1.54) is 0 Å². The van der Waals surface area contributed by atoms with Gasteiger partial charge in [-0.2, -0.15) is 0 Å². The molecule has 0 aliphatic carbocycles. The zero-order chi connectivity index (χ0) is 14.0. The molecule has 0 spiro atoms. The van der Waals surface area contributed by atoms with Crippen molar-refractivity contribution in [1.82, 2.24) is 4.90 Å². The van der Waals surface area contributed by atoms with Gasteiger partial charge in [-0.1, -0.05) is 6.92 Å². The molecule has 0 saturated heterocycles. The van der Waals surface area contributed by atoms with Crippen LogP contribution in [-0.2, 0) is 14.3 Å². The van der Waals surface area contributed by atoms with E-state index in [1.54, 1.807) is 7.11 Å². The first-order chi connectivity index (χ1) is 8.51. The van der Waals surface area contributed by atoms with E-state index in [9.17, 15) is 9.90 Å². The van der Waals surface area contributed by atoms with Crippen LogP contribution in [-0.4, -0.2) is 73.2 Å². The third-order valence-corrected chi connectivity index (χ3v) is 2.69. The number of aliphatic hydroxyl groups excluding tert-OH is 1. The Hall–Kier alpha value is -0.690. The van der Waals surface area contributed by atoms with Gasteiger partial charge < -0.3 is 19.7 Å². The summed E-state index contributed by atoms with van der Waals surface area (Å²) < 4.78 is 10.0. The van der Waals surface area contributed by atoms with Crippen LogP contribution in [0.4, 0.5) is 0 Å². The largest absolute Gasteiger partial charge is 0.481 e. The quantitative estimate of drug-likeness (QED) is 0.518. The number of carbonyl (C=O) groups is 1. The second kappa shape index (κ2) is 10.3. The van der Waals surface area contributed by atoms with Crippen molar-refractivity contribution in [1.29, 1.82) is 0 Å². The predicted molar refractivity (Wildman–Crippen MR) is 67.7 cm³/mol. The van der Waals surface area contributed by atoms with Gasteiger partial charge in [0.2, 0.25) is 0 Å². The third-order valence-electron chi connectivity index (χ3n) is 2.69. The van der Waals surface area contributed by atoms with Crippen molar-refractivity contribution in [2.75, 3.05) is 40.0 Å². The van der Waals surface area contributed by atoms with E-state index in [-0.39, 0.29) is 19.1 Å². The Balaban J connectivity index is 3.91. The van der Waals surface area contributed by atoms with Gasteiger partial charge in [-0.3, -0.25) is 9.69 Å². The summed E-state index contributed by atoms with van der Waals surface area (Å²) in [6.07, 6.45) is -0.538. The monoisotopic (exact) mass is 263 g/mol. The molecule has 0 aliphatic heterocycles. The van der Waals surface area contributed by atoms with Crippen LogP contribution >= 0.6 is 0 Å². The summed E-state index contributed by atoms with van der Waals surface area (Å²) >= 11 is 0. The van der Waals surface area contributed by atoms with Gasteiger partial charge in [-0.15, -0.1) is 0 Å². The minimum Gasteiger partial charge on any atom is -0.481 e. The molecule has 0 radical (unpaired) electrons. The smallest absolute Gasteiger partial charge is 0.304 e. The van der Waals surface area contributed by atoms with Crippen molar-refractivity contribution < 1.29 is 24.5 Å². The van der Waals surface area contributed by atoms with Crippen LogP contribution in [0.2, 0.25) is 0 Å². The van der Waals surface area contributed by atoms with E-state index in [1.807, 2.05) is 18.7 Å². The molecular formula is C12H25NO5. The van der Waals surface area contributed by atoms with Crippen LogP contribution in [0.25, 0.3) is 0 Å². The summed E-state index contributed by atoms with van der Waals surface area (Å²) in [7, 11) is 1.59. The lowest BCUT2D eigenvalue weighted by molar-refractivity contribution is -0.138. The molecule has 0 bridgehead atoms. The Bertz CT molecular complexity index is 225. The Labute approximate surface area is 108 Å². The van der Waals surface area contributed by atoms with Crippen LogP contribution in [0.3, 0.4) is 0 Å². The fourth-order valence-corrected chi connectivity index (χ4v) is 1.69. The molecule has 6 heteroatoms. The molecule has 2 unspecified atom stereocenters. The Morgan fingerprint density at radius 2 is 2.06 bits per heavy atom. The molecule has 0 aromatic rings. The molecule has 0 aromatic heterocycles.